The van der Waals surface area contributed by atoms with Crippen LogP contribution in [0.25, 0.3) is 0 Å². The third kappa shape index (κ3) is 1.64. The first kappa shape index (κ1) is 9.20. The van der Waals surface area contributed by atoms with Gasteiger partial charge in [-0.2, -0.15) is 0 Å². The summed E-state index contributed by atoms with van der Waals surface area (Å²) in [6.45, 7) is 3.82. The van der Waals surface area contributed by atoms with Crippen LogP contribution in [0.4, 0.5) is 4.39 Å². The second kappa shape index (κ2) is 3.68. The first-order valence-electron chi connectivity index (χ1n) is 4.02. The number of aliphatic hydroxyl groups excluding tert-OH is 1. The van der Waals surface area contributed by atoms with Gasteiger partial charge in [-0.1, -0.05) is 6.07 Å². The first-order valence-corrected chi connectivity index (χ1v) is 4.02. The van der Waals surface area contributed by atoms with E-state index in [1.54, 1.807) is 6.07 Å². The Kier molecular flexibility index (Phi) is 2.82. The van der Waals surface area contributed by atoms with Crippen molar-refractivity contribution in [3.8, 4) is 0 Å². The Balaban J connectivity index is 3.14. The topological polar surface area (TPSA) is 20.2 Å². The Morgan fingerprint density at radius 3 is 2.58 bits per heavy atom. The van der Waals surface area contributed by atoms with Crippen molar-refractivity contribution < 1.29 is 9.50 Å². The predicted octanol–water partition coefficient (Wildman–Crippen LogP) is 1.98. The van der Waals surface area contributed by atoms with E-state index in [1.165, 1.54) is 6.07 Å². The van der Waals surface area contributed by atoms with Crippen molar-refractivity contribution >= 4 is 0 Å². The van der Waals surface area contributed by atoms with Crippen molar-refractivity contribution in [3.05, 3.63) is 34.6 Å². The van der Waals surface area contributed by atoms with Crippen molar-refractivity contribution in [3.63, 3.8) is 0 Å². The third-order valence-electron chi connectivity index (χ3n) is 2.17. The first-order chi connectivity index (χ1) is 5.66. The van der Waals surface area contributed by atoms with Crippen LogP contribution in [-0.2, 0) is 6.42 Å². The largest absolute Gasteiger partial charge is 0.396 e. The normalized spacial score (nSPS) is 10.3. The molecular formula is C10H13FO. The third-order valence-corrected chi connectivity index (χ3v) is 2.17. The summed E-state index contributed by atoms with van der Waals surface area (Å²) in [6, 6.07) is 3.21. The molecule has 1 aromatic carbocycles. The van der Waals surface area contributed by atoms with Crippen LogP contribution in [0.15, 0.2) is 12.1 Å². The molecule has 1 N–H and O–H groups in total. The zero-order valence-corrected chi connectivity index (χ0v) is 7.39. The maximum atomic E-state index is 13.1. The minimum absolute atomic E-state index is 0.00120. The fourth-order valence-electron chi connectivity index (χ4n) is 1.26. The van der Waals surface area contributed by atoms with Crippen LogP contribution >= 0.6 is 0 Å². The van der Waals surface area contributed by atoms with Crippen LogP contribution in [0.5, 0.6) is 0 Å². The molecule has 1 rings (SSSR count). The molecule has 0 aliphatic carbocycles. The van der Waals surface area contributed by atoms with Gasteiger partial charge in [0.2, 0.25) is 0 Å². The van der Waals surface area contributed by atoms with E-state index in [-0.39, 0.29) is 12.4 Å². The summed E-state index contributed by atoms with van der Waals surface area (Å²) >= 11 is 0. The number of benzene rings is 1. The fraction of sp³-hybridized carbons (Fsp3) is 0.400. The standard InChI is InChI=1S/C10H13FO/c1-7-3-4-10(11)9(5-6-12)8(7)2/h3-4,12H,5-6H2,1-2H3. The maximum absolute atomic E-state index is 13.1. The summed E-state index contributed by atoms with van der Waals surface area (Å²) in [5.74, 6) is -0.216. The van der Waals surface area contributed by atoms with Gasteiger partial charge in [-0.25, -0.2) is 4.39 Å². The Morgan fingerprint density at radius 1 is 1.33 bits per heavy atom. The molecule has 0 fully saturated rings. The zero-order valence-electron chi connectivity index (χ0n) is 7.39. The van der Waals surface area contributed by atoms with Crippen molar-refractivity contribution in [1.82, 2.24) is 0 Å². The molecule has 0 saturated heterocycles. The molecule has 0 aromatic heterocycles. The van der Waals surface area contributed by atoms with Gasteiger partial charge < -0.3 is 5.11 Å². The number of hydrogen-bond donors (Lipinski definition) is 1. The highest BCUT2D eigenvalue weighted by Crippen LogP contribution is 2.16. The molecular weight excluding hydrogens is 155 g/mol. The van der Waals surface area contributed by atoms with Crippen LogP contribution in [0.3, 0.4) is 0 Å². The molecule has 66 valence electrons. The summed E-state index contributed by atoms with van der Waals surface area (Å²) in [7, 11) is 0. The minimum Gasteiger partial charge on any atom is -0.396 e. The van der Waals surface area contributed by atoms with Crippen LogP contribution < -0.4 is 0 Å². The number of halogens is 1. The summed E-state index contributed by atoms with van der Waals surface area (Å²) in [5, 5.41) is 8.69. The summed E-state index contributed by atoms with van der Waals surface area (Å²) in [5.41, 5.74) is 2.65. The smallest absolute Gasteiger partial charge is 0.126 e. The van der Waals surface area contributed by atoms with E-state index in [9.17, 15) is 4.39 Å². The quantitative estimate of drug-likeness (QED) is 0.715. The highest BCUT2D eigenvalue weighted by molar-refractivity contribution is 5.34. The van der Waals surface area contributed by atoms with Gasteiger partial charge in [-0.15, -0.1) is 0 Å². The summed E-state index contributed by atoms with van der Waals surface area (Å²) < 4.78 is 13.1. The number of aryl methyl sites for hydroxylation is 1. The lowest BCUT2D eigenvalue weighted by Gasteiger charge is -2.07. The van der Waals surface area contributed by atoms with Crippen LogP contribution in [0.1, 0.15) is 16.7 Å². The van der Waals surface area contributed by atoms with E-state index in [2.05, 4.69) is 0 Å². The van der Waals surface area contributed by atoms with Crippen molar-refractivity contribution in [2.24, 2.45) is 0 Å². The number of rotatable bonds is 2. The van der Waals surface area contributed by atoms with Gasteiger partial charge in [0.05, 0.1) is 0 Å². The predicted molar refractivity (Wildman–Crippen MR) is 46.7 cm³/mol. The van der Waals surface area contributed by atoms with Crippen LogP contribution in [-0.4, -0.2) is 11.7 Å². The molecule has 0 amide bonds. The Morgan fingerprint density at radius 2 is 2.00 bits per heavy atom. The van der Waals surface area contributed by atoms with Gasteiger partial charge in [0.25, 0.3) is 0 Å². The van der Waals surface area contributed by atoms with Crippen LogP contribution in [0, 0.1) is 19.7 Å². The van der Waals surface area contributed by atoms with E-state index in [4.69, 9.17) is 5.11 Å². The second-order valence-corrected chi connectivity index (χ2v) is 2.94. The average Bonchev–Trinajstić information content (AvgIpc) is 2.06. The SMILES string of the molecule is Cc1ccc(F)c(CCO)c1C. The van der Waals surface area contributed by atoms with Gasteiger partial charge in [-0.3, -0.25) is 0 Å². The molecule has 0 spiro atoms. The zero-order chi connectivity index (χ0) is 9.14. The highest BCUT2D eigenvalue weighted by Gasteiger charge is 2.06. The summed E-state index contributed by atoms with van der Waals surface area (Å²) in [4.78, 5) is 0. The van der Waals surface area contributed by atoms with Crippen molar-refractivity contribution in [1.29, 1.82) is 0 Å². The van der Waals surface area contributed by atoms with Gasteiger partial charge >= 0.3 is 0 Å². The van der Waals surface area contributed by atoms with Gasteiger partial charge in [0, 0.05) is 6.61 Å². The molecule has 0 radical (unpaired) electrons. The monoisotopic (exact) mass is 168 g/mol. The van der Waals surface area contributed by atoms with E-state index < -0.39 is 0 Å². The number of aliphatic hydroxyl groups is 1. The lowest BCUT2D eigenvalue weighted by Crippen LogP contribution is -1.99. The van der Waals surface area contributed by atoms with Crippen molar-refractivity contribution in [2.45, 2.75) is 20.3 Å². The van der Waals surface area contributed by atoms with Crippen molar-refractivity contribution in [2.75, 3.05) is 6.61 Å². The Hall–Kier alpha value is -0.890. The maximum Gasteiger partial charge on any atom is 0.126 e. The summed E-state index contributed by atoms with van der Waals surface area (Å²) in [6.07, 6.45) is 0.402. The molecule has 0 unspecified atom stereocenters. The van der Waals surface area contributed by atoms with Gasteiger partial charge in [-0.05, 0) is 43.0 Å². The molecule has 0 saturated carbocycles. The van der Waals surface area contributed by atoms with E-state index >= 15 is 0 Å². The molecule has 1 nitrogen and oxygen atoms in total. The second-order valence-electron chi connectivity index (χ2n) is 2.94. The molecule has 0 bridgehead atoms. The van der Waals surface area contributed by atoms with Gasteiger partial charge in [0.15, 0.2) is 0 Å². The van der Waals surface area contributed by atoms with E-state index in [0.29, 0.717) is 12.0 Å². The molecule has 1 aromatic rings. The van der Waals surface area contributed by atoms with Crippen LogP contribution in [0.2, 0.25) is 0 Å². The van der Waals surface area contributed by atoms with E-state index in [1.807, 2.05) is 13.8 Å². The lowest BCUT2D eigenvalue weighted by molar-refractivity contribution is 0.297. The average molecular weight is 168 g/mol. The van der Waals surface area contributed by atoms with E-state index in [0.717, 1.165) is 11.1 Å². The Labute approximate surface area is 71.9 Å². The number of hydrogen-bond acceptors (Lipinski definition) is 1. The molecule has 0 aliphatic rings. The molecule has 12 heavy (non-hydrogen) atoms. The van der Waals surface area contributed by atoms with Gasteiger partial charge in [0.1, 0.15) is 5.82 Å². The lowest BCUT2D eigenvalue weighted by atomic mass is 10.0. The molecule has 2 heteroatoms. The highest BCUT2D eigenvalue weighted by atomic mass is 19.1. The minimum atomic E-state index is -0.216. The molecule has 0 atom stereocenters. The molecule has 0 aliphatic heterocycles. The fourth-order valence-corrected chi connectivity index (χ4v) is 1.26. The molecule has 0 heterocycles. The Bertz CT molecular complexity index is 281.